The van der Waals surface area contributed by atoms with E-state index < -0.39 is 15.8 Å². The molecule has 0 unspecified atom stereocenters. The van der Waals surface area contributed by atoms with Crippen LogP contribution in [-0.4, -0.2) is 22.9 Å². The number of non-ortho nitro benzene ring substituents is 2. The van der Waals surface area contributed by atoms with Gasteiger partial charge in [0.15, 0.2) is 11.5 Å². The second-order valence-corrected chi connectivity index (χ2v) is 4.70. The van der Waals surface area contributed by atoms with Gasteiger partial charge in [0.1, 0.15) is 0 Å². The Labute approximate surface area is 141 Å². The van der Waals surface area contributed by atoms with Crippen LogP contribution in [0.25, 0.3) is 6.08 Å². The van der Waals surface area contributed by atoms with Crippen LogP contribution in [0.4, 0.5) is 11.4 Å². The van der Waals surface area contributed by atoms with Gasteiger partial charge in [-0.15, -0.1) is 0 Å². The fourth-order valence-electron chi connectivity index (χ4n) is 1.91. The summed E-state index contributed by atoms with van der Waals surface area (Å²) in [6, 6.07) is 9.26. The highest BCUT2D eigenvalue weighted by Gasteiger charge is 2.14. The highest BCUT2D eigenvalue weighted by Crippen LogP contribution is 2.31. The number of carbonyl (C=O) groups is 1. The summed E-state index contributed by atoms with van der Waals surface area (Å²) in [6.45, 7) is 0. The second-order valence-electron chi connectivity index (χ2n) is 4.70. The summed E-state index contributed by atoms with van der Waals surface area (Å²) in [4.78, 5) is 32.2. The van der Waals surface area contributed by atoms with E-state index in [9.17, 15) is 25.0 Å². The van der Waals surface area contributed by atoms with Crippen LogP contribution in [-0.2, 0) is 4.79 Å². The summed E-state index contributed by atoms with van der Waals surface area (Å²) in [5, 5.41) is 21.5. The van der Waals surface area contributed by atoms with E-state index in [-0.39, 0.29) is 22.9 Å². The van der Waals surface area contributed by atoms with Crippen LogP contribution in [0.15, 0.2) is 48.5 Å². The van der Waals surface area contributed by atoms with Gasteiger partial charge in [0.2, 0.25) is 0 Å². The minimum atomic E-state index is -0.815. The number of hydrogen-bond acceptors (Lipinski definition) is 7. The highest BCUT2D eigenvalue weighted by molar-refractivity contribution is 5.89. The normalized spacial score (nSPS) is 10.4. The molecule has 0 saturated heterocycles. The standard InChI is InChI=1S/C16H12N2O7/c1-24-14-7-6-13(18(22)23)10-15(14)25-16(19)8-5-11-3-2-4-12(9-11)17(20)21/h2-10H,1H3/b8-5+. The minimum absolute atomic E-state index is 0.106. The van der Waals surface area contributed by atoms with Gasteiger partial charge in [-0.25, -0.2) is 4.79 Å². The Morgan fingerprint density at radius 2 is 1.68 bits per heavy atom. The number of hydrogen-bond donors (Lipinski definition) is 0. The molecule has 25 heavy (non-hydrogen) atoms. The molecule has 0 aromatic heterocycles. The Balaban J connectivity index is 2.17. The molecule has 0 heterocycles. The number of ether oxygens (including phenoxy) is 2. The summed E-state index contributed by atoms with van der Waals surface area (Å²) in [5.74, 6) is -0.765. The van der Waals surface area contributed by atoms with Gasteiger partial charge in [-0.05, 0) is 17.7 Å². The molecule has 0 bridgehead atoms. The number of rotatable bonds is 6. The predicted octanol–water partition coefficient (Wildman–Crippen LogP) is 3.13. The largest absolute Gasteiger partial charge is 0.493 e. The molecule has 2 aromatic rings. The van der Waals surface area contributed by atoms with E-state index in [2.05, 4.69) is 0 Å². The molecule has 0 aliphatic carbocycles. The van der Waals surface area contributed by atoms with Crippen LogP contribution in [0.1, 0.15) is 5.56 Å². The number of nitrogens with zero attached hydrogens (tertiary/aromatic N) is 2. The summed E-state index contributed by atoms with van der Waals surface area (Å²) in [5.41, 5.74) is 0.0549. The smallest absolute Gasteiger partial charge is 0.336 e. The van der Waals surface area contributed by atoms with E-state index in [1.807, 2.05) is 0 Å². The van der Waals surface area contributed by atoms with Gasteiger partial charge in [0, 0.05) is 24.3 Å². The summed E-state index contributed by atoms with van der Waals surface area (Å²) < 4.78 is 10.0. The highest BCUT2D eigenvalue weighted by atomic mass is 16.6. The second kappa shape index (κ2) is 7.68. The first-order valence-corrected chi connectivity index (χ1v) is 6.87. The van der Waals surface area contributed by atoms with Crippen LogP contribution in [0.5, 0.6) is 11.5 Å². The molecule has 0 radical (unpaired) electrons. The first-order chi connectivity index (χ1) is 11.9. The Kier molecular flexibility index (Phi) is 5.41. The molecule has 0 saturated carbocycles. The lowest BCUT2D eigenvalue weighted by Crippen LogP contribution is -2.05. The maximum atomic E-state index is 11.9. The molecule has 0 fully saturated rings. The molecular weight excluding hydrogens is 332 g/mol. The molecule has 0 aliphatic rings. The summed E-state index contributed by atoms with van der Waals surface area (Å²) >= 11 is 0. The predicted molar refractivity (Wildman–Crippen MR) is 87.4 cm³/mol. The quantitative estimate of drug-likeness (QED) is 0.259. The van der Waals surface area contributed by atoms with Crippen molar-refractivity contribution in [2.75, 3.05) is 7.11 Å². The third kappa shape index (κ3) is 4.61. The van der Waals surface area contributed by atoms with Crippen molar-refractivity contribution in [3.8, 4) is 11.5 Å². The van der Waals surface area contributed by atoms with Gasteiger partial charge in [-0.1, -0.05) is 12.1 Å². The monoisotopic (exact) mass is 344 g/mol. The van der Waals surface area contributed by atoms with Crippen LogP contribution in [0, 0.1) is 20.2 Å². The topological polar surface area (TPSA) is 122 Å². The molecule has 9 nitrogen and oxygen atoms in total. The lowest BCUT2D eigenvalue weighted by Gasteiger charge is -2.07. The minimum Gasteiger partial charge on any atom is -0.493 e. The molecule has 0 N–H and O–H groups in total. The SMILES string of the molecule is COc1ccc([N+](=O)[O-])cc1OC(=O)/C=C/c1cccc([N+](=O)[O-])c1. The van der Waals surface area contributed by atoms with Gasteiger partial charge < -0.3 is 9.47 Å². The number of carbonyl (C=O) groups excluding carboxylic acids is 1. The third-order valence-corrected chi connectivity index (χ3v) is 3.06. The first-order valence-electron chi connectivity index (χ1n) is 6.87. The molecule has 0 amide bonds. The van der Waals surface area contributed by atoms with Crippen LogP contribution >= 0.6 is 0 Å². The summed E-state index contributed by atoms with van der Waals surface area (Å²) in [7, 11) is 1.33. The maximum Gasteiger partial charge on any atom is 0.336 e. The van der Waals surface area contributed by atoms with Gasteiger partial charge >= 0.3 is 5.97 Å². The van der Waals surface area contributed by atoms with Crippen molar-refractivity contribution in [2.45, 2.75) is 0 Å². The van der Waals surface area contributed by atoms with Crippen molar-refractivity contribution in [3.63, 3.8) is 0 Å². The number of nitro groups is 2. The number of benzene rings is 2. The van der Waals surface area contributed by atoms with Crippen molar-refractivity contribution in [1.29, 1.82) is 0 Å². The fraction of sp³-hybridized carbons (Fsp3) is 0.0625. The zero-order valence-electron chi connectivity index (χ0n) is 12.9. The van der Waals surface area contributed by atoms with Crippen LogP contribution in [0.2, 0.25) is 0 Å². The van der Waals surface area contributed by atoms with Crippen molar-refractivity contribution in [2.24, 2.45) is 0 Å². The van der Waals surface area contributed by atoms with E-state index in [0.717, 1.165) is 12.1 Å². The van der Waals surface area contributed by atoms with Crippen LogP contribution in [0.3, 0.4) is 0 Å². The zero-order valence-corrected chi connectivity index (χ0v) is 12.9. The van der Waals surface area contributed by atoms with Gasteiger partial charge in [-0.2, -0.15) is 0 Å². The lowest BCUT2D eigenvalue weighted by atomic mass is 10.2. The maximum absolute atomic E-state index is 11.9. The van der Waals surface area contributed by atoms with Crippen molar-refractivity contribution in [3.05, 3.63) is 74.3 Å². The molecule has 0 spiro atoms. The number of nitro benzene ring substituents is 2. The molecule has 9 heteroatoms. The van der Waals surface area contributed by atoms with Crippen molar-refractivity contribution < 1.29 is 24.1 Å². The Morgan fingerprint density at radius 3 is 2.32 bits per heavy atom. The fourth-order valence-corrected chi connectivity index (χ4v) is 1.91. The molecule has 0 atom stereocenters. The van der Waals surface area contributed by atoms with Crippen LogP contribution < -0.4 is 9.47 Å². The van der Waals surface area contributed by atoms with Gasteiger partial charge in [-0.3, -0.25) is 20.2 Å². The number of methoxy groups -OCH3 is 1. The average Bonchev–Trinajstić information content (AvgIpc) is 2.60. The van der Waals surface area contributed by atoms with Gasteiger partial charge in [0.05, 0.1) is 23.0 Å². The zero-order chi connectivity index (χ0) is 18.4. The van der Waals surface area contributed by atoms with E-state index in [0.29, 0.717) is 5.56 Å². The van der Waals surface area contributed by atoms with E-state index in [1.165, 1.54) is 43.5 Å². The van der Waals surface area contributed by atoms with E-state index >= 15 is 0 Å². The molecular formula is C16H12N2O7. The average molecular weight is 344 g/mol. The Morgan fingerprint density at radius 1 is 1.00 bits per heavy atom. The Bertz CT molecular complexity index is 861. The molecule has 2 aromatic carbocycles. The molecule has 128 valence electrons. The third-order valence-electron chi connectivity index (χ3n) is 3.06. The molecule has 0 aliphatic heterocycles. The lowest BCUT2D eigenvalue weighted by molar-refractivity contribution is -0.385. The van der Waals surface area contributed by atoms with E-state index in [1.54, 1.807) is 6.07 Å². The number of esters is 1. The van der Waals surface area contributed by atoms with Crippen molar-refractivity contribution in [1.82, 2.24) is 0 Å². The van der Waals surface area contributed by atoms with Crippen molar-refractivity contribution >= 4 is 23.4 Å². The summed E-state index contributed by atoms with van der Waals surface area (Å²) in [6.07, 6.45) is 2.39. The van der Waals surface area contributed by atoms with Gasteiger partial charge in [0.25, 0.3) is 11.4 Å². The van der Waals surface area contributed by atoms with E-state index in [4.69, 9.17) is 9.47 Å². The molecule has 2 rings (SSSR count). The first kappa shape index (κ1) is 17.6. The Hall–Kier alpha value is -3.75.